The van der Waals surface area contributed by atoms with E-state index in [9.17, 15) is 18.5 Å². The van der Waals surface area contributed by atoms with Crippen molar-refractivity contribution in [3.05, 3.63) is 34.4 Å². The molecule has 1 aromatic carbocycles. The maximum atomic E-state index is 11.7. The van der Waals surface area contributed by atoms with Crippen LogP contribution in [0, 0.1) is 15.5 Å². The SMILES string of the molecule is N=C(OS(=O)(=O)c1ccc([N+](=O)[O-])cc1)C(Cl)(Cl)Cl. The molecule has 0 aliphatic rings. The monoisotopic (exact) mass is 346 g/mol. The van der Waals surface area contributed by atoms with Crippen LogP contribution in [0.3, 0.4) is 0 Å². The van der Waals surface area contributed by atoms with Crippen LogP contribution in [0.2, 0.25) is 0 Å². The minimum atomic E-state index is -4.39. The second-order valence-corrected chi connectivity index (χ2v) is 6.94. The molecule has 1 aromatic rings. The fourth-order valence-electron chi connectivity index (χ4n) is 0.940. The second-order valence-electron chi connectivity index (χ2n) is 3.12. The zero-order valence-electron chi connectivity index (χ0n) is 8.84. The summed E-state index contributed by atoms with van der Waals surface area (Å²) >= 11 is 15.8. The van der Waals surface area contributed by atoms with Crippen LogP contribution in [0.1, 0.15) is 0 Å². The van der Waals surface area contributed by atoms with Crippen LogP contribution >= 0.6 is 34.8 Å². The molecule has 0 atom stereocenters. The highest BCUT2D eigenvalue weighted by molar-refractivity contribution is 7.87. The van der Waals surface area contributed by atoms with Gasteiger partial charge < -0.3 is 4.18 Å². The normalized spacial score (nSPS) is 11.9. The number of benzene rings is 1. The van der Waals surface area contributed by atoms with Crippen molar-refractivity contribution in [3.63, 3.8) is 0 Å². The average molecular weight is 348 g/mol. The molecule has 0 radical (unpaired) electrons. The Morgan fingerprint density at radius 3 is 2.11 bits per heavy atom. The van der Waals surface area contributed by atoms with Crippen LogP contribution in [-0.4, -0.2) is 23.0 Å². The average Bonchev–Trinajstić information content (AvgIpc) is 2.27. The molecule has 11 heteroatoms. The summed E-state index contributed by atoms with van der Waals surface area (Å²) in [4.78, 5) is 9.31. The number of halogens is 3. The molecular weight excluding hydrogens is 343 g/mol. The quantitative estimate of drug-likeness (QED) is 0.226. The highest BCUT2D eigenvalue weighted by atomic mass is 35.6. The molecule has 7 nitrogen and oxygen atoms in total. The lowest BCUT2D eigenvalue weighted by Crippen LogP contribution is -2.24. The zero-order valence-corrected chi connectivity index (χ0v) is 11.9. The molecule has 104 valence electrons. The van der Waals surface area contributed by atoms with E-state index in [2.05, 4.69) is 4.18 Å². The van der Waals surface area contributed by atoms with Crippen molar-refractivity contribution >= 4 is 56.5 Å². The summed E-state index contributed by atoms with van der Waals surface area (Å²) in [5.74, 6) is -1.10. The van der Waals surface area contributed by atoms with E-state index in [0.29, 0.717) is 0 Å². The van der Waals surface area contributed by atoms with Gasteiger partial charge in [-0.05, 0) is 12.1 Å². The van der Waals surface area contributed by atoms with Gasteiger partial charge in [-0.3, -0.25) is 15.5 Å². The second kappa shape index (κ2) is 5.49. The number of nitrogens with one attached hydrogen (secondary N) is 1. The van der Waals surface area contributed by atoms with Gasteiger partial charge in [-0.1, -0.05) is 34.8 Å². The van der Waals surface area contributed by atoms with Crippen LogP contribution in [0.15, 0.2) is 29.2 Å². The van der Waals surface area contributed by atoms with Gasteiger partial charge >= 0.3 is 10.1 Å². The Labute approximate surface area is 122 Å². The molecule has 1 rings (SSSR count). The highest BCUT2D eigenvalue weighted by Gasteiger charge is 2.33. The first-order valence-electron chi connectivity index (χ1n) is 4.39. The molecule has 0 unspecified atom stereocenters. The molecule has 19 heavy (non-hydrogen) atoms. The summed E-state index contributed by atoms with van der Waals surface area (Å²) in [6.45, 7) is 0. The third kappa shape index (κ3) is 4.20. The molecule has 0 saturated heterocycles. The summed E-state index contributed by atoms with van der Waals surface area (Å²) < 4.78 is 25.3. The number of nitrogens with zero attached hydrogens (tertiary/aromatic N) is 1. The van der Waals surface area contributed by atoms with Crippen LogP contribution < -0.4 is 0 Å². The van der Waals surface area contributed by atoms with Gasteiger partial charge in [0.1, 0.15) is 4.90 Å². The summed E-state index contributed by atoms with van der Waals surface area (Å²) in [6, 6.07) is 3.82. The van der Waals surface area contributed by atoms with E-state index in [1.54, 1.807) is 0 Å². The van der Waals surface area contributed by atoms with Gasteiger partial charge in [-0.25, -0.2) is 0 Å². The standard InChI is InChI=1S/C8H5Cl3N2O5S/c9-8(10,11)7(12)18-19(16,17)6-3-1-5(2-4-6)13(14)15/h1-4,12H. The lowest BCUT2D eigenvalue weighted by atomic mass is 10.3. The maximum Gasteiger partial charge on any atom is 0.340 e. The lowest BCUT2D eigenvalue weighted by molar-refractivity contribution is -0.384. The first-order valence-corrected chi connectivity index (χ1v) is 6.93. The summed E-state index contributed by atoms with van der Waals surface area (Å²) in [6.07, 6.45) is 0. The van der Waals surface area contributed by atoms with Crippen LogP contribution in [0.4, 0.5) is 5.69 Å². The molecule has 0 heterocycles. The van der Waals surface area contributed by atoms with Gasteiger partial charge in [-0.2, -0.15) is 8.42 Å². The number of hydrogen-bond donors (Lipinski definition) is 1. The van der Waals surface area contributed by atoms with Crippen molar-refractivity contribution < 1.29 is 17.5 Å². The Bertz CT molecular complexity index is 608. The number of non-ortho nitro benzene ring substituents is 1. The van der Waals surface area contributed by atoms with Crippen LogP contribution in [0.25, 0.3) is 0 Å². The topological polar surface area (TPSA) is 110 Å². The largest absolute Gasteiger partial charge is 0.359 e. The summed E-state index contributed by atoms with van der Waals surface area (Å²) in [7, 11) is -4.39. The number of alkyl halides is 3. The smallest absolute Gasteiger partial charge is 0.340 e. The van der Waals surface area contributed by atoms with Gasteiger partial charge in [0.25, 0.3) is 15.4 Å². The molecule has 0 aromatic heterocycles. The van der Waals surface area contributed by atoms with Crippen molar-refractivity contribution in [2.24, 2.45) is 0 Å². The van der Waals surface area contributed by atoms with E-state index in [4.69, 9.17) is 40.2 Å². The number of nitro benzene ring substituents is 1. The molecule has 0 fully saturated rings. The van der Waals surface area contributed by atoms with Crippen molar-refractivity contribution in [2.75, 3.05) is 0 Å². The van der Waals surface area contributed by atoms with Crippen molar-refractivity contribution in [1.29, 1.82) is 5.41 Å². The van der Waals surface area contributed by atoms with E-state index in [1.807, 2.05) is 0 Å². The maximum absolute atomic E-state index is 11.7. The van der Waals surface area contributed by atoms with E-state index < -0.39 is 29.6 Å². The Hall–Kier alpha value is -1.09. The van der Waals surface area contributed by atoms with E-state index in [0.717, 1.165) is 24.3 Å². The highest BCUT2D eigenvalue weighted by Crippen LogP contribution is 2.29. The van der Waals surface area contributed by atoms with E-state index in [1.165, 1.54) is 0 Å². The van der Waals surface area contributed by atoms with Crippen molar-refractivity contribution in [3.8, 4) is 0 Å². The predicted octanol–water partition coefficient (Wildman–Crippen LogP) is 2.65. The fourth-order valence-corrected chi connectivity index (χ4v) is 2.10. The lowest BCUT2D eigenvalue weighted by Gasteiger charge is -2.13. The Balaban J connectivity index is 3.02. The zero-order chi connectivity index (χ0) is 14.8. The molecule has 0 aliphatic carbocycles. The number of rotatable bonds is 3. The van der Waals surface area contributed by atoms with Gasteiger partial charge in [0.15, 0.2) is 0 Å². The first-order chi connectivity index (χ1) is 8.54. The molecular formula is C8H5Cl3N2O5S. The molecule has 0 aliphatic heterocycles. The molecule has 0 spiro atoms. The Kier molecular flexibility index (Phi) is 4.62. The minimum Gasteiger partial charge on any atom is -0.359 e. The molecule has 0 saturated carbocycles. The van der Waals surface area contributed by atoms with E-state index in [-0.39, 0.29) is 5.69 Å². The molecule has 0 amide bonds. The third-order valence-corrected chi connectivity index (χ3v) is 3.54. The Morgan fingerprint density at radius 2 is 1.74 bits per heavy atom. The Morgan fingerprint density at radius 1 is 1.26 bits per heavy atom. The van der Waals surface area contributed by atoms with Gasteiger partial charge in [-0.15, -0.1) is 0 Å². The third-order valence-electron chi connectivity index (χ3n) is 1.79. The van der Waals surface area contributed by atoms with E-state index >= 15 is 0 Å². The molecule has 0 bridgehead atoms. The fraction of sp³-hybridized carbons (Fsp3) is 0.125. The number of nitro groups is 1. The predicted molar refractivity (Wildman–Crippen MR) is 69.4 cm³/mol. The number of hydrogen-bond acceptors (Lipinski definition) is 6. The summed E-state index contributed by atoms with van der Waals surface area (Å²) in [5.41, 5.74) is -0.296. The van der Waals surface area contributed by atoms with Crippen LogP contribution in [0.5, 0.6) is 0 Å². The minimum absolute atomic E-state index is 0.296. The summed E-state index contributed by atoms with van der Waals surface area (Å²) in [5, 5.41) is 17.6. The van der Waals surface area contributed by atoms with Gasteiger partial charge in [0.05, 0.1) is 4.92 Å². The molecule has 1 N–H and O–H groups in total. The van der Waals surface area contributed by atoms with Crippen molar-refractivity contribution in [1.82, 2.24) is 0 Å². The van der Waals surface area contributed by atoms with Crippen molar-refractivity contribution in [2.45, 2.75) is 8.69 Å². The first kappa shape index (κ1) is 16.0. The van der Waals surface area contributed by atoms with Crippen LogP contribution in [-0.2, 0) is 14.3 Å². The van der Waals surface area contributed by atoms with Gasteiger partial charge in [0, 0.05) is 12.1 Å². The van der Waals surface area contributed by atoms with Gasteiger partial charge in [0.2, 0.25) is 0 Å².